The Morgan fingerprint density at radius 1 is 1.19 bits per heavy atom. The van der Waals surface area contributed by atoms with Gasteiger partial charge in [-0.1, -0.05) is 42.5 Å². The molecule has 2 aromatic carbocycles. The lowest BCUT2D eigenvalue weighted by atomic mass is 9.95. The summed E-state index contributed by atoms with van der Waals surface area (Å²) in [5, 5.41) is 0. The van der Waals surface area contributed by atoms with Crippen molar-refractivity contribution in [2.24, 2.45) is 5.73 Å². The third-order valence-electron chi connectivity index (χ3n) is 3.47. The van der Waals surface area contributed by atoms with Gasteiger partial charge in [0.05, 0.1) is 13.0 Å². The first-order chi connectivity index (χ1) is 10.1. The number of rotatable bonds is 5. The molecule has 110 valence electrons. The van der Waals surface area contributed by atoms with Crippen LogP contribution in [0.1, 0.15) is 30.5 Å². The first kappa shape index (κ1) is 15.3. The second-order valence-corrected chi connectivity index (χ2v) is 5.06. The number of carbonyl (C=O) groups is 1. The van der Waals surface area contributed by atoms with Gasteiger partial charge in [-0.05, 0) is 42.2 Å². The van der Waals surface area contributed by atoms with Crippen molar-refractivity contribution >= 4 is 5.97 Å². The maximum Gasteiger partial charge on any atom is 0.307 e. The Bertz CT molecular complexity index is 608. The summed E-state index contributed by atoms with van der Waals surface area (Å²) in [6.07, 6.45) is 0.200. The molecule has 0 saturated heterocycles. The summed E-state index contributed by atoms with van der Waals surface area (Å²) in [4.78, 5) is 11.5. The lowest BCUT2D eigenvalue weighted by molar-refractivity contribution is -0.143. The Kier molecular flexibility index (Phi) is 5.12. The van der Waals surface area contributed by atoms with Crippen LogP contribution in [-0.4, -0.2) is 12.6 Å². The molecule has 0 unspecified atom stereocenters. The molecule has 2 N–H and O–H groups in total. The summed E-state index contributed by atoms with van der Waals surface area (Å²) in [7, 11) is 0. The number of aryl methyl sites for hydroxylation is 1. The van der Waals surface area contributed by atoms with Gasteiger partial charge in [-0.15, -0.1) is 0 Å². The van der Waals surface area contributed by atoms with E-state index in [0.29, 0.717) is 6.61 Å². The van der Waals surface area contributed by atoms with E-state index in [0.717, 1.165) is 16.7 Å². The molecule has 2 rings (SSSR count). The fraction of sp³-hybridized carbons (Fsp3) is 0.278. The Balaban J connectivity index is 2.24. The standard InChI is InChI=1S/C18H21NO2/c1-3-21-18(20)12-17(19)15-10-9-13(2)16(11-15)14-7-5-4-6-8-14/h4-11,17H,3,12,19H2,1-2H3/t17-/m0/s1. The van der Waals surface area contributed by atoms with Gasteiger partial charge in [-0.2, -0.15) is 0 Å². The molecule has 0 radical (unpaired) electrons. The van der Waals surface area contributed by atoms with Crippen molar-refractivity contribution in [1.82, 2.24) is 0 Å². The number of benzene rings is 2. The van der Waals surface area contributed by atoms with Gasteiger partial charge in [-0.3, -0.25) is 4.79 Å². The summed E-state index contributed by atoms with van der Waals surface area (Å²) in [6, 6.07) is 15.9. The van der Waals surface area contributed by atoms with E-state index >= 15 is 0 Å². The van der Waals surface area contributed by atoms with Crippen LogP contribution in [0.15, 0.2) is 48.5 Å². The minimum Gasteiger partial charge on any atom is -0.466 e. The third-order valence-corrected chi connectivity index (χ3v) is 3.47. The normalized spacial score (nSPS) is 12.0. The van der Waals surface area contributed by atoms with Crippen molar-refractivity contribution in [1.29, 1.82) is 0 Å². The number of carbonyl (C=O) groups excluding carboxylic acids is 1. The van der Waals surface area contributed by atoms with E-state index in [1.165, 1.54) is 5.56 Å². The van der Waals surface area contributed by atoms with Gasteiger partial charge in [0.15, 0.2) is 0 Å². The molecule has 0 aliphatic carbocycles. The number of hydrogen-bond donors (Lipinski definition) is 1. The zero-order valence-electron chi connectivity index (χ0n) is 12.5. The highest BCUT2D eigenvalue weighted by molar-refractivity contribution is 5.71. The molecule has 0 saturated carbocycles. The highest BCUT2D eigenvalue weighted by Gasteiger charge is 2.14. The molecule has 3 heteroatoms. The molecule has 0 bridgehead atoms. The molecule has 0 spiro atoms. The van der Waals surface area contributed by atoms with Crippen LogP contribution in [0.3, 0.4) is 0 Å². The maximum absolute atomic E-state index is 11.5. The van der Waals surface area contributed by atoms with Gasteiger partial charge in [0.2, 0.25) is 0 Å². The van der Waals surface area contributed by atoms with Crippen molar-refractivity contribution < 1.29 is 9.53 Å². The van der Waals surface area contributed by atoms with Gasteiger partial charge in [-0.25, -0.2) is 0 Å². The summed E-state index contributed by atoms with van der Waals surface area (Å²) in [5.74, 6) is -0.258. The highest BCUT2D eigenvalue weighted by atomic mass is 16.5. The molecule has 0 heterocycles. The van der Waals surface area contributed by atoms with Crippen molar-refractivity contribution in [2.75, 3.05) is 6.61 Å². The van der Waals surface area contributed by atoms with Gasteiger partial charge in [0.1, 0.15) is 0 Å². The van der Waals surface area contributed by atoms with Crippen molar-refractivity contribution in [3.63, 3.8) is 0 Å². The van der Waals surface area contributed by atoms with E-state index in [-0.39, 0.29) is 18.4 Å². The van der Waals surface area contributed by atoms with Crippen molar-refractivity contribution in [3.8, 4) is 11.1 Å². The van der Waals surface area contributed by atoms with E-state index in [4.69, 9.17) is 10.5 Å². The number of hydrogen-bond acceptors (Lipinski definition) is 3. The van der Waals surface area contributed by atoms with E-state index in [1.54, 1.807) is 6.92 Å². The van der Waals surface area contributed by atoms with E-state index in [1.807, 2.05) is 30.3 Å². The fourth-order valence-corrected chi connectivity index (χ4v) is 2.32. The van der Waals surface area contributed by atoms with Crippen LogP contribution in [0.4, 0.5) is 0 Å². The van der Waals surface area contributed by atoms with Crippen LogP contribution in [-0.2, 0) is 9.53 Å². The Morgan fingerprint density at radius 2 is 1.90 bits per heavy atom. The van der Waals surface area contributed by atoms with Crippen molar-refractivity contribution in [3.05, 3.63) is 59.7 Å². The number of ether oxygens (including phenoxy) is 1. The lowest BCUT2D eigenvalue weighted by Gasteiger charge is -2.14. The van der Waals surface area contributed by atoms with Crippen LogP contribution >= 0.6 is 0 Å². The Labute approximate surface area is 125 Å². The second-order valence-electron chi connectivity index (χ2n) is 5.06. The van der Waals surface area contributed by atoms with Gasteiger partial charge >= 0.3 is 5.97 Å². The van der Waals surface area contributed by atoms with Crippen LogP contribution in [0, 0.1) is 6.92 Å². The monoisotopic (exact) mass is 283 g/mol. The molecule has 2 aromatic rings. The molecule has 0 amide bonds. The number of esters is 1. The summed E-state index contributed by atoms with van der Waals surface area (Å²) in [5.41, 5.74) is 10.6. The molecule has 0 fully saturated rings. The first-order valence-electron chi connectivity index (χ1n) is 7.19. The van der Waals surface area contributed by atoms with E-state index in [2.05, 4.69) is 25.1 Å². The second kappa shape index (κ2) is 7.04. The van der Waals surface area contributed by atoms with Gasteiger partial charge < -0.3 is 10.5 Å². The Morgan fingerprint density at radius 3 is 2.57 bits per heavy atom. The predicted octanol–water partition coefficient (Wildman–Crippen LogP) is 3.62. The maximum atomic E-state index is 11.5. The molecule has 3 nitrogen and oxygen atoms in total. The molecular weight excluding hydrogens is 262 g/mol. The SMILES string of the molecule is CCOC(=O)C[C@H](N)c1ccc(C)c(-c2ccccc2)c1. The van der Waals surface area contributed by atoms with Crippen LogP contribution in [0.2, 0.25) is 0 Å². The molecule has 0 aromatic heterocycles. The first-order valence-corrected chi connectivity index (χ1v) is 7.19. The molecule has 0 aliphatic rings. The minimum atomic E-state index is -0.341. The summed E-state index contributed by atoms with van der Waals surface area (Å²) < 4.78 is 4.95. The molecular formula is C18H21NO2. The van der Waals surface area contributed by atoms with E-state index in [9.17, 15) is 4.79 Å². The zero-order chi connectivity index (χ0) is 15.2. The van der Waals surface area contributed by atoms with E-state index < -0.39 is 0 Å². The third kappa shape index (κ3) is 3.92. The summed E-state index contributed by atoms with van der Waals surface area (Å²) in [6.45, 7) is 4.25. The predicted molar refractivity (Wildman–Crippen MR) is 84.8 cm³/mol. The fourth-order valence-electron chi connectivity index (χ4n) is 2.32. The van der Waals surface area contributed by atoms with Gasteiger partial charge in [0, 0.05) is 6.04 Å². The number of nitrogens with two attached hydrogens (primary N) is 1. The highest BCUT2D eigenvalue weighted by Crippen LogP contribution is 2.27. The minimum absolute atomic E-state index is 0.200. The average molecular weight is 283 g/mol. The molecule has 0 aliphatic heterocycles. The topological polar surface area (TPSA) is 52.3 Å². The van der Waals surface area contributed by atoms with Crippen LogP contribution in [0.5, 0.6) is 0 Å². The van der Waals surface area contributed by atoms with Gasteiger partial charge in [0.25, 0.3) is 0 Å². The largest absolute Gasteiger partial charge is 0.466 e. The van der Waals surface area contributed by atoms with Crippen LogP contribution in [0.25, 0.3) is 11.1 Å². The van der Waals surface area contributed by atoms with Crippen LogP contribution < -0.4 is 5.73 Å². The Hall–Kier alpha value is -2.13. The van der Waals surface area contributed by atoms with Crippen molar-refractivity contribution in [2.45, 2.75) is 26.3 Å². The lowest BCUT2D eigenvalue weighted by Crippen LogP contribution is -2.17. The zero-order valence-corrected chi connectivity index (χ0v) is 12.5. The molecule has 1 atom stereocenters. The average Bonchev–Trinajstić information content (AvgIpc) is 2.48. The summed E-state index contributed by atoms with van der Waals surface area (Å²) >= 11 is 0. The molecule has 21 heavy (non-hydrogen) atoms. The smallest absolute Gasteiger partial charge is 0.307 e. The quantitative estimate of drug-likeness (QED) is 0.853.